The molecule has 92 valence electrons. The smallest absolute Gasteiger partial charge is 0.129 e. The highest BCUT2D eigenvalue weighted by Crippen LogP contribution is 2.34. The number of benzene rings is 1. The van der Waals surface area contributed by atoms with E-state index in [0.717, 1.165) is 12.2 Å². The van der Waals surface area contributed by atoms with Crippen molar-refractivity contribution in [2.75, 3.05) is 12.4 Å². The number of ether oxygens (including phenoxy) is 1. The molecule has 2 aromatic rings. The van der Waals surface area contributed by atoms with E-state index >= 15 is 0 Å². The lowest BCUT2D eigenvalue weighted by Gasteiger charge is -2.21. The molecule has 1 heterocycles. The van der Waals surface area contributed by atoms with E-state index in [4.69, 9.17) is 4.74 Å². The second-order valence-electron chi connectivity index (χ2n) is 4.39. The van der Waals surface area contributed by atoms with E-state index in [0.29, 0.717) is 0 Å². The van der Waals surface area contributed by atoms with Crippen molar-refractivity contribution in [2.24, 2.45) is 0 Å². The summed E-state index contributed by atoms with van der Waals surface area (Å²) in [6, 6.07) is 10.5. The number of nitrogens with one attached hydrogen (secondary N) is 1. The number of anilines is 1. The fraction of sp³-hybridized carbons (Fsp3) is 0.286. The lowest BCUT2D eigenvalue weighted by atomic mass is 10.1. The van der Waals surface area contributed by atoms with Crippen molar-refractivity contribution >= 4 is 5.82 Å². The summed E-state index contributed by atoms with van der Waals surface area (Å²) in [6.07, 6.45) is 4.37. The van der Waals surface area contributed by atoms with Crippen LogP contribution in [0.1, 0.15) is 17.2 Å². The van der Waals surface area contributed by atoms with Crippen LogP contribution in [-0.2, 0) is 11.2 Å². The summed E-state index contributed by atoms with van der Waals surface area (Å²) in [6.45, 7) is 0. The molecule has 0 unspecified atom stereocenters. The van der Waals surface area contributed by atoms with Crippen LogP contribution < -0.4 is 5.32 Å². The number of aromatic nitrogens is 2. The molecule has 0 saturated carbocycles. The maximum absolute atomic E-state index is 5.57. The molecule has 4 nitrogen and oxygen atoms in total. The Labute approximate surface area is 106 Å². The van der Waals surface area contributed by atoms with E-state index in [2.05, 4.69) is 39.6 Å². The summed E-state index contributed by atoms with van der Waals surface area (Å²) in [5.74, 6) is 0.828. The maximum Gasteiger partial charge on any atom is 0.129 e. The molecule has 1 aliphatic carbocycles. The van der Waals surface area contributed by atoms with Crippen molar-refractivity contribution in [3.8, 4) is 0 Å². The SMILES string of the molecule is CO[C@H]1Cc2ccccc2[C@H]1Nc1ccncn1. The minimum Gasteiger partial charge on any atom is -0.379 e. The Kier molecular flexibility index (Phi) is 2.94. The predicted molar refractivity (Wildman–Crippen MR) is 69.3 cm³/mol. The molecule has 0 spiro atoms. The van der Waals surface area contributed by atoms with Gasteiger partial charge in [0.05, 0.1) is 12.1 Å². The van der Waals surface area contributed by atoms with Gasteiger partial charge in [0.15, 0.2) is 0 Å². The van der Waals surface area contributed by atoms with Crippen LogP contribution in [0.3, 0.4) is 0 Å². The van der Waals surface area contributed by atoms with Crippen LogP contribution in [0.25, 0.3) is 0 Å². The molecule has 1 aromatic carbocycles. The monoisotopic (exact) mass is 241 g/mol. The first-order valence-electron chi connectivity index (χ1n) is 6.01. The molecule has 1 aliphatic rings. The number of hydrogen-bond donors (Lipinski definition) is 1. The largest absolute Gasteiger partial charge is 0.379 e. The zero-order valence-electron chi connectivity index (χ0n) is 10.2. The van der Waals surface area contributed by atoms with Crippen LogP contribution in [0.4, 0.5) is 5.82 Å². The normalized spacial score (nSPS) is 21.6. The van der Waals surface area contributed by atoms with Gasteiger partial charge in [-0.15, -0.1) is 0 Å². The van der Waals surface area contributed by atoms with E-state index in [1.807, 2.05) is 6.07 Å². The first-order chi connectivity index (χ1) is 8.88. The molecule has 0 fully saturated rings. The number of fused-ring (bicyclic) bond motifs is 1. The van der Waals surface area contributed by atoms with Crippen molar-refractivity contribution in [1.82, 2.24) is 9.97 Å². The van der Waals surface area contributed by atoms with Gasteiger partial charge in [-0.25, -0.2) is 9.97 Å². The van der Waals surface area contributed by atoms with Crippen molar-refractivity contribution in [3.63, 3.8) is 0 Å². The van der Waals surface area contributed by atoms with Gasteiger partial charge in [0.2, 0.25) is 0 Å². The van der Waals surface area contributed by atoms with Gasteiger partial charge in [-0.05, 0) is 17.2 Å². The molecular formula is C14H15N3O. The lowest BCUT2D eigenvalue weighted by Crippen LogP contribution is -2.23. The van der Waals surface area contributed by atoms with Gasteiger partial charge >= 0.3 is 0 Å². The van der Waals surface area contributed by atoms with Gasteiger partial charge in [0, 0.05) is 19.7 Å². The third kappa shape index (κ3) is 1.95. The number of hydrogen-bond acceptors (Lipinski definition) is 4. The fourth-order valence-corrected chi connectivity index (χ4v) is 2.48. The first kappa shape index (κ1) is 11.2. The zero-order chi connectivity index (χ0) is 12.4. The summed E-state index contributed by atoms with van der Waals surface area (Å²) in [4.78, 5) is 8.13. The third-order valence-corrected chi connectivity index (χ3v) is 3.37. The van der Waals surface area contributed by atoms with Gasteiger partial charge in [-0.2, -0.15) is 0 Å². The van der Waals surface area contributed by atoms with E-state index in [-0.39, 0.29) is 12.1 Å². The van der Waals surface area contributed by atoms with Gasteiger partial charge < -0.3 is 10.1 Å². The Bertz CT molecular complexity index is 530. The summed E-state index contributed by atoms with van der Waals surface area (Å²) >= 11 is 0. The Hall–Kier alpha value is -1.94. The molecule has 0 radical (unpaired) electrons. The van der Waals surface area contributed by atoms with Crippen molar-refractivity contribution in [2.45, 2.75) is 18.6 Å². The van der Waals surface area contributed by atoms with Gasteiger partial charge in [0.25, 0.3) is 0 Å². The summed E-state index contributed by atoms with van der Waals surface area (Å²) in [5.41, 5.74) is 2.64. The second kappa shape index (κ2) is 4.74. The van der Waals surface area contributed by atoms with Gasteiger partial charge in [0.1, 0.15) is 12.1 Å². The molecule has 3 rings (SSSR count). The highest BCUT2D eigenvalue weighted by Gasteiger charge is 2.32. The van der Waals surface area contributed by atoms with Crippen molar-refractivity contribution < 1.29 is 4.74 Å². The lowest BCUT2D eigenvalue weighted by molar-refractivity contribution is 0.0959. The van der Waals surface area contributed by atoms with E-state index in [1.165, 1.54) is 11.1 Å². The quantitative estimate of drug-likeness (QED) is 0.895. The highest BCUT2D eigenvalue weighted by molar-refractivity contribution is 5.44. The standard InChI is InChI=1S/C14H15N3O/c1-18-12-8-10-4-2-3-5-11(10)14(12)17-13-6-7-15-9-16-13/h2-7,9,12,14H,8H2,1H3,(H,15,16,17)/t12-,14+/m0/s1. The summed E-state index contributed by atoms with van der Waals surface area (Å²) < 4.78 is 5.57. The number of nitrogens with zero attached hydrogens (tertiary/aromatic N) is 2. The van der Waals surface area contributed by atoms with Crippen LogP contribution in [-0.4, -0.2) is 23.2 Å². The minimum absolute atomic E-state index is 0.150. The molecule has 4 heteroatoms. The van der Waals surface area contributed by atoms with Crippen molar-refractivity contribution in [3.05, 3.63) is 54.0 Å². The van der Waals surface area contributed by atoms with Crippen LogP contribution >= 0.6 is 0 Å². The number of methoxy groups -OCH3 is 1. The van der Waals surface area contributed by atoms with E-state index < -0.39 is 0 Å². The molecule has 0 saturated heterocycles. The summed E-state index contributed by atoms with van der Waals surface area (Å²) in [7, 11) is 1.76. The first-order valence-corrected chi connectivity index (χ1v) is 6.01. The average Bonchev–Trinajstić information content (AvgIpc) is 2.78. The molecule has 1 N–H and O–H groups in total. The van der Waals surface area contributed by atoms with Crippen LogP contribution in [0, 0.1) is 0 Å². The Balaban J connectivity index is 1.90. The predicted octanol–water partition coefficient (Wildman–Crippen LogP) is 2.20. The maximum atomic E-state index is 5.57. The molecule has 2 atom stereocenters. The molecule has 18 heavy (non-hydrogen) atoms. The van der Waals surface area contributed by atoms with Crippen LogP contribution in [0.5, 0.6) is 0 Å². The fourth-order valence-electron chi connectivity index (χ4n) is 2.48. The van der Waals surface area contributed by atoms with Gasteiger partial charge in [-0.1, -0.05) is 24.3 Å². The Morgan fingerprint density at radius 3 is 2.94 bits per heavy atom. The third-order valence-electron chi connectivity index (χ3n) is 3.37. The van der Waals surface area contributed by atoms with E-state index in [1.54, 1.807) is 19.6 Å². The molecule has 0 bridgehead atoms. The van der Waals surface area contributed by atoms with E-state index in [9.17, 15) is 0 Å². The topological polar surface area (TPSA) is 47.0 Å². The Morgan fingerprint density at radius 2 is 2.17 bits per heavy atom. The number of rotatable bonds is 3. The van der Waals surface area contributed by atoms with Gasteiger partial charge in [-0.3, -0.25) is 0 Å². The molecule has 1 aromatic heterocycles. The van der Waals surface area contributed by atoms with Crippen molar-refractivity contribution in [1.29, 1.82) is 0 Å². The summed E-state index contributed by atoms with van der Waals surface area (Å²) in [5, 5.41) is 3.42. The van der Waals surface area contributed by atoms with Crippen LogP contribution in [0.15, 0.2) is 42.9 Å². The Morgan fingerprint density at radius 1 is 1.28 bits per heavy atom. The molecule has 0 amide bonds. The second-order valence-corrected chi connectivity index (χ2v) is 4.39. The molecular weight excluding hydrogens is 226 g/mol. The minimum atomic E-state index is 0.150. The average molecular weight is 241 g/mol. The highest BCUT2D eigenvalue weighted by atomic mass is 16.5. The van der Waals surface area contributed by atoms with Crippen LogP contribution in [0.2, 0.25) is 0 Å². The zero-order valence-corrected chi connectivity index (χ0v) is 10.2. The molecule has 0 aliphatic heterocycles.